The Balaban J connectivity index is 2.25. The molecule has 0 saturated carbocycles. The quantitative estimate of drug-likeness (QED) is 0.530. The second-order valence-corrected chi connectivity index (χ2v) is 3.60. The van der Waals surface area contributed by atoms with E-state index in [4.69, 9.17) is 11.0 Å². The summed E-state index contributed by atoms with van der Waals surface area (Å²) in [7, 11) is 0. The molecule has 3 nitrogen and oxygen atoms in total. The average Bonchev–Trinajstić information content (AvgIpc) is 2.20. The molecule has 72 valence electrons. The van der Waals surface area contributed by atoms with Gasteiger partial charge in [-0.2, -0.15) is 5.26 Å². The van der Waals surface area contributed by atoms with Gasteiger partial charge in [0.05, 0.1) is 12.6 Å². The normalized spacial score (nSPS) is 15.9. The molecular weight excluding hydrogens is 174 g/mol. The van der Waals surface area contributed by atoms with Crippen LogP contribution in [-0.2, 0) is 13.0 Å². The zero-order valence-corrected chi connectivity index (χ0v) is 8.03. The number of fused-ring (bicyclic) bond motifs is 1. The highest BCUT2D eigenvalue weighted by Crippen LogP contribution is 2.23. The van der Waals surface area contributed by atoms with E-state index in [1.165, 1.54) is 11.1 Å². The smallest absolute Gasteiger partial charge is 0.0868 e. The molecule has 1 aliphatic heterocycles. The van der Waals surface area contributed by atoms with Crippen molar-refractivity contribution in [2.24, 2.45) is 0 Å². The van der Waals surface area contributed by atoms with Gasteiger partial charge in [-0.3, -0.25) is 4.90 Å². The minimum Gasteiger partial charge on any atom is -0.398 e. The van der Waals surface area contributed by atoms with E-state index in [9.17, 15) is 0 Å². The number of benzene rings is 1. The third-order valence-electron chi connectivity index (χ3n) is 2.68. The maximum atomic E-state index is 8.61. The Bertz CT molecular complexity index is 379. The van der Waals surface area contributed by atoms with Crippen molar-refractivity contribution in [1.29, 1.82) is 5.26 Å². The molecule has 2 rings (SSSR count). The molecular formula is C11H13N3. The summed E-state index contributed by atoms with van der Waals surface area (Å²) in [5.74, 6) is 0. The second kappa shape index (κ2) is 3.69. The molecule has 1 aliphatic rings. The van der Waals surface area contributed by atoms with Gasteiger partial charge in [0.25, 0.3) is 0 Å². The third-order valence-corrected chi connectivity index (χ3v) is 2.68. The lowest BCUT2D eigenvalue weighted by Crippen LogP contribution is -2.31. The summed E-state index contributed by atoms with van der Waals surface area (Å²) >= 11 is 0. The van der Waals surface area contributed by atoms with Gasteiger partial charge >= 0.3 is 0 Å². The maximum absolute atomic E-state index is 8.61. The van der Waals surface area contributed by atoms with Gasteiger partial charge in [0.2, 0.25) is 0 Å². The van der Waals surface area contributed by atoms with Crippen LogP contribution < -0.4 is 5.73 Å². The fraction of sp³-hybridized carbons (Fsp3) is 0.364. The van der Waals surface area contributed by atoms with Crippen LogP contribution in [0.3, 0.4) is 0 Å². The van der Waals surface area contributed by atoms with Gasteiger partial charge in [-0.05, 0) is 23.6 Å². The van der Waals surface area contributed by atoms with Crippen molar-refractivity contribution < 1.29 is 0 Å². The van der Waals surface area contributed by atoms with Crippen molar-refractivity contribution in [3.05, 3.63) is 29.3 Å². The van der Waals surface area contributed by atoms with Crippen molar-refractivity contribution in [2.45, 2.75) is 13.0 Å². The van der Waals surface area contributed by atoms with Gasteiger partial charge in [0.1, 0.15) is 0 Å². The summed E-state index contributed by atoms with van der Waals surface area (Å²) in [6, 6.07) is 8.21. The highest BCUT2D eigenvalue weighted by Gasteiger charge is 2.16. The molecule has 0 unspecified atom stereocenters. The number of nitrogens with zero attached hydrogens (tertiary/aromatic N) is 2. The van der Waals surface area contributed by atoms with Crippen LogP contribution in [0.25, 0.3) is 0 Å². The fourth-order valence-electron chi connectivity index (χ4n) is 1.90. The number of nitrogens with two attached hydrogens (primary N) is 1. The van der Waals surface area contributed by atoms with E-state index in [0.29, 0.717) is 6.54 Å². The summed E-state index contributed by atoms with van der Waals surface area (Å²) < 4.78 is 0. The van der Waals surface area contributed by atoms with Crippen molar-refractivity contribution >= 4 is 5.69 Å². The zero-order chi connectivity index (χ0) is 9.97. The summed E-state index contributed by atoms with van der Waals surface area (Å²) in [4.78, 5) is 2.12. The fourth-order valence-corrected chi connectivity index (χ4v) is 1.90. The predicted octanol–water partition coefficient (Wildman–Crippen LogP) is 1.15. The number of nitrogen functional groups attached to an aromatic ring is 1. The Morgan fingerprint density at radius 1 is 1.50 bits per heavy atom. The summed E-state index contributed by atoms with van der Waals surface area (Å²) in [5, 5.41) is 8.61. The average molecular weight is 187 g/mol. The van der Waals surface area contributed by atoms with Crippen molar-refractivity contribution in [1.82, 2.24) is 4.90 Å². The van der Waals surface area contributed by atoms with Crippen LogP contribution in [0, 0.1) is 11.3 Å². The maximum Gasteiger partial charge on any atom is 0.0868 e. The molecule has 1 heterocycles. The van der Waals surface area contributed by atoms with Crippen LogP contribution in [0.15, 0.2) is 18.2 Å². The molecule has 1 aromatic carbocycles. The molecule has 2 N–H and O–H groups in total. The molecule has 14 heavy (non-hydrogen) atoms. The first-order valence-corrected chi connectivity index (χ1v) is 4.77. The Labute approximate surface area is 83.7 Å². The predicted molar refractivity (Wildman–Crippen MR) is 55.4 cm³/mol. The summed E-state index contributed by atoms with van der Waals surface area (Å²) in [5.41, 5.74) is 9.28. The van der Waals surface area contributed by atoms with Crippen molar-refractivity contribution in [2.75, 3.05) is 18.8 Å². The van der Waals surface area contributed by atoms with Crippen LogP contribution >= 0.6 is 0 Å². The van der Waals surface area contributed by atoms with E-state index >= 15 is 0 Å². The van der Waals surface area contributed by atoms with E-state index in [2.05, 4.69) is 17.0 Å². The Morgan fingerprint density at radius 3 is 3.14 bits per heavy atom. The number of anilines is 1. The van der Waals surface area contributed by atoms with Crippen LogP contribution in [-0.4, -0.2) is 18.0 Å². The van der Waals surface area contributed by atoms with Crippen LogP contribution in [0.4, 0.5) is 5.69 Å². The molecule has 1 aromatic rings. The molecule has 0 radical (unpaired) electrons. The van der Waals surface area contributed by atoms with Crippen molar-refractivity contribution in [3.63, 3.8) is 0 Å². The van der Waals surface area contributed by atoms with E-state index in [1.807, 2.05) is 12.1 Å². The Hall–Kier alpha value is -1.53. The SMILES string of the molecule is N#CCN1CCc2cccc(N)c2C1. The van der Waals surface area contributed by atoms with Crippen LogP contribution in [0.2, 0.25) is 0 Å². The molecule has 0 amide bonds. The first kappa shape index (κ1) is 9.04. The molecule has 0 fully saturated rings. The van der Waals surface area contributed by atoms with Crippen LogP contribution in [0.1, 0.15) is 11.1 Å². The molecule has 3 heteroatoms. The van der Waals surface area contributed by atoms with E-state index in [0.717, 1.165) is 25.2 Å². The first-order chi connectivity index (χ1) is 6.81. The zero-order valence-electron chi connectivity index (χ0n) is 8.03. The monoisotopic (exact) mass is 187 g/mol. The lowest BCUT2D eigenvalue weighted by Gasteiger charge is -2.27. The minimum atomic E-state index is 0.494. The van der Waals surface area contributed by atoms with Gasteiger partial charge in [-0.25, -0.2) is 0 Å². The largest absolute Gasteiger partial charge is 0.398 e. The Kier molecular flexibility index (Phi) is 2.38. The van der Waals surface area contributed by atoms with Gasteiger partial charge in [-0.15, -0.1) is 0 Å². The van der Waals surface area contributed by atoms with Crippen molar-refractivity contribution in [3.8, 4) is 6.07 Å². The number of hydrogen-bond donors (Lipinski definition) is 1. The topological polar surface area (TPSA) is 53.0 Å². The molecule has 0 aromatic heterocycles. The molecule has 0 bridgehead atoms. The third kappa shape index (κ3) is 1.57. The number of hydrogen-bond acceptors (Lipinski definition) is 3. The van der Waals surface area contributed by atoms with Gasteiger partial charge in [-0.1, -0.05) is 12.1 Å². The first-order valence-electron chi connectivity index (χ1n) is 4.77. The van der Waals surface area contributed by atoms with Gasteiger partial charge in [0.15, 0.2) is 0 Å². The molecule has 0 aliphatic carbocycles. The van der Waals surface area contributed by atoms with E-state index in [-0.39, 0.29) is 0 Å². The molecule has 0 spiro atoms. The summed E-state index contributed by atoms with van der Waals surface area (Å²) in [6.45, 7) is 2.27. The minimum absolute atomic E-state index is 0.494. The van der Waals surface area contributed by atoms with Gasteiger partial charge in [0, 0.05) is 18.8 Å². The standard InChI is InChI=1S/C11H13N3/c12-5-7-14-6-4-9-2-1-3-11(13)10(9)8-14/h1-3H,4,6-8,13H2. The second-order valence-electron chi connectivity index (χ2n) is 3.60. The highest BCUT2D eigenvalue weighted by molar-refractivity contribution is 5.51. The Morgan fingerprint density at radius 2 is 2.36 bits per heavy atom. The lowest BCUT2D eigenvalue weighted by molar-refractivity contribution is 0.286. The van der Waals surface area contributed by atoms with Gasteiger partial charge < -0.3 is 5.73 Å². The molecule has 0 saturated heterocycles. The number of nitriles is 1. The van der Waals surface area contributed by atoms with E-state index < -0.39 is 0 Å². The molecule has 0 atom stereocenters. The summed E-state index contributed by atoms with van der Waals surface area (Å²) in [6.07, 6.45) is 1.00. The van der Waals surface area contributed by atoms with E-state index in [1.54, 1.807) is 0 Å². The number of rotatable bonds is 1. The highest BCUT2D eigenvalue weighted by atomic mass is 15.1. The van der Waals surface area contributed by atoms with Crippen LogP contribution in [0.5, 0.6) is 0 Å². The lowest BCUT2D eigenvalue weighted by atomic mass is 9.98.